The van der Waals surface area contributed by atoms with Crippen LogP contribution < -0.4 is 15.2 Å². The molecular weight excluding hydrogens is 385 g/mol. The van der Waals surface area contributed by atoms with E-state index in [0.29, 0.717) is 17.0 Å². The number of nitrogens with zero attached hydrogens (tertiary/aromatic N) is 2. The lowest BCUT2D eigenvalue weighted by Crippen LogP contribution is -2.39. The number of halogens is 3. The molecule has 0 unspecified atom stereocenters. The van der Waals surface area contributed by atoms with Crippen molar-refractivity contribution in [3.05, 3.63) is 34.6 Å². The van der Waals surface area contributed by atoms with E-state index in [4.69, 9.17) is 4.74 Å². The van der Waals surface area contributed by atoms with Crippen molar-refractivity contribution >= 4 is 16.6 Å². The van der Waals surface area contributed by atoms with E-state index in [1.807, 2.05) is 18.7 Å². The molecule has 1 fully saturated rings. The van der Waals surface area contributed by atoms with Crippen molar-refractivity contribution in [2.24, 2.45) is 11.8 Å². The number of anilines is 1. The average Bonchev–Trinajstić information content (AvgIpc) is 2.68. The minimum atomic E-state index is -4.19. The zero-order valence-electron chi connectivity index (χ0n) is 16.9. The number of piperidine rings is 1. The second-order valence-corrected chi connectivity index (χ2v) is 7.92. The summed E-state index contributed by atoms with van der Waals surface area (Å²) in [5, 5.41) is 10.7. The van der Waals surface area contributed by atoms with Gasteiger partial charge in [0, 0.05) is 30.6 Å². The van der Waals surface area contributed by atoms with Crippen molar-refractivity contribution < 1.29 is 23.0 Å². The van der Waals surface area contributed by atoms with Crippen LogP contribution in [-0.4, -0.2) is 42.7 Å². The van der Waals surface area contributed by atoms with Gasteiger partial charge in [0.15, 0.2) is 0 Å². The highest BCUT2D eigenvalue weighted by Crippen LogP contribution is 2.39. The van der Waals surface area contributed by atoms with Gasteiger partial charge in [-0.05, 0) is 30.9 Å². The predicted octanol–water partition coefficient (Wildman–Crippen LogP) is 3.98. The summed E-state index contributed by atoms with van der Waals surface area (Å²) < 4.78 is 46.2. The number of hydrogen-bond acceptors (Lipinski definition) is 4. The molecule has 1 aromatic heterocycles. The van der Waals surface area contributed by atoms with Crippen LogP contribution in [0.5, 0.6) is 5.75 Å². The topological polar surface area (TPSA) is 54.7 Å². The van der Waals surface area contributed by atoms with Crippen LogP contribution in [0.4, 0.5) is 18.9 Å². The molecule has 8 heteroatoms. The van der Waals surface area contributed by atoms with Gasteiger partial charge < -0.3 is 19.3 Å². The number of fused-ring (bicyclic) bond motifs is 1. The van der Waals surface area contributed by atoms with E-state index < -0.39 is 18.1 Å². The van der Waals surface area contributed by atoms with Gasteiger partial charge in [0.25, 0.3) is 5.56 Å². The fourth-order valence-electron chi connectivity index (χ4n) is 4.08. The number of aliphatic hydroxyl groups excluding tert-OH is 1. The number of methoxy groups -OCH3 is 1. The molecule has 1 aromatic carbocycles. The van der Waals surface area contributed by atoms with Crippen LogP contribution in [0.2, 0.25) is 0 Å². The Morgan fingerprint density at radius 2 is 1.86 bits per heavy atom. The Balaban J connectivity index is 2.15. The highest BCUT2D eigenvalue weighted by molar-refractivity contribution is 5.93. The molecule has 1 saturated heterocycles. The van der Waals surface area contributed by atoms with E-state index in [1.165, 1.54) is 13.2 Å². The molecule has 29 heavy (non-hydrogen) atoms. The lowest BCUT2D eigenvalue weighted by molar-refractivity contribution is -0.179. The fraction of sp³-hybridized carbons (Fsp3) is 0.571. The number of aromatic nitrogens is 1. The van der Waals surface area contributed by atoms with E-state index in [0.717, 1.165) is 5.39 Å². The van der Waals surface area contributed by atoms with Gasteiger partial charge in [-0.25, -0.2) is 0 Å². The molecule has 0 aliphatic carbocycles. The summed E-state index contributed by atoms with van der Waals surface area (Å²) >= 11 is 0. The van der Waals surface area contributed by atoms with E-state index in [-0.39, 0.29) is 44.0 Å². The van der Waals surface area contributed by atoms with Gasteiger partial charge >= 0.3 is 6.18 Å². The summed E-state index contributed by atoms with van der Waals surface area (Å²) in [7, 11) is 1.53. The van der Waals surface area contributed by atoms with Crippen LogP contribution in [-0.2, 0) is 0 Å². The smallest absolute Gasteiger partial charge is 0.391 e. The van der Waals surface area contributed by atoms with Crippen molar-refractivity contribution in [2.75, 3.05) is 31.7 Å². The summed E-state index contributed by atoms with van der Waals surface area (Å²) in [6, 6.07) is 6.27. The third kappa shape index (κ3) is 4.22. The van der Waals surface area contributed by atoms with E-state index in [2.05, 4.69) is 0 Å². The van der Waals surface area contributed by atoms with Crippen LogP contribution in [0.25, 0.3) is 10.9 Å². The monoisotopic (exact) mass is 412 g/mol. The molecule has 0 saturated carbocycles. The molecule has 3 rings (SSSR count). The zero-order chi connectivity index (χ0) is 21.3. The number of hydrogen-bond donors (Lipinski definition) is 1. The molecule has 160 valence electrons. The second-order valence-electron chi connectivity index (χ2n) is 7.92. The Bertz CT molecular complexity index is 916. The van der Waals surface area contributed by atoms with Crippen molar-refractivity contribution in [3.8, 4) is 5.75 Å². The molecule has 0 bridgehead atoms. The third-order valence-electron chi connectivity index (χ3n) is 5.80. The zero-order valence-corrected chi connectivity index (χ0v) is 16.9. The predicted molar refractivity (Wildman–Crippen MR) is 107 cm³/mol. The van der Waals surface area contributed by atoms with Gasteiger partial charge in [-0.3, -0.25) is 4.79 Å². The van der Waals surface area contributed by atoms with Crippen LogP contribution in [0.1, 0.15) is 32.7 Å². The van der Waals surface area contributed by atoms with Crippen molar-refractivity contribution in [3.63, 3.8) is 0 Å². The van der Waals surface area contributed by atoms with Crippen LogP contribution in [0.15, 0.2) is 29.1 Å². The SMILES string of the molecule is COc1cc(N2CCC(C(F)(F)F)CC2)c2c(ccc(=O)n2[C@@H](CO)C(C)C)c1. The minimum absolute atomic E-state index is 0.00535. The van der Waals surface area contributed by atoms with Crippen molar-refractivity contribution in [1.82, 2.24) is 4.57 Å². The molecule has 0 spiro atoms. The maximum absolute atomic E-state index is 13.1. The molecular formula is C21H27F3N2O3. The van der Waals surface area contributed by atoms with Gasteiger partial charge in [-0.2, -0.15) is 13.2 Å². The summed E-state index contributed by atoms with van der Waals surface area (Å²) in [5.41, 5.74) is 1.04. The van der Waals surface area contributed by atoms with E-state index in [9.17, 15) is 23.1 Å². The largest absolute Gasteiger partial charge is 0.497 e. The Morgan fingerprint density at radius 1 is 1.21 bits per heavy atom. The number of ether oxygens (including phenoxy) is 1. The molecule has 1 aliphatic rings. The maximum Gasteiger partial charge on any atom is 0.391 e. The van der Waals surface area contributed by atoms with Crippen LogP contribution in [0.3, 0.4) is 0 Å². The molecule has 0 amide bonds. The molecule has 2 aromatic rings. The standard InChI is InChI=1S/C21H27F3N2O3/c1-13(2)18(12-27)26-19(28)5-4-14-10-16(29-3)11-17(20(14)26)25-8-6-15(7-9-25)21(22,23)24/h4-5,10-11,13,15,18,27H,6-9,12H2,1-3H3/t18-/m0/s1. The Labute approximate surface area is 167 Å². The number of pyridine rings is 1. The molecule has 0 radical (unpaired) electrons. The Kier molecular flexibility index (Phi) is 6.12. The van der Waals surface area contributed by atoms with E-state index >= 15 is 0 Å². The van der Waals surface area contributed by atoms with E-state index in [1.54, 1.807) is 22.8 Å². The lowest BCUT2D eigenvalue weighted by Gasteiger charge is -2.36. The van der Waals surface area contributed by atoms with Crippen LogP contribution in [0, 0.1) is 11.8 Å². The molecule has 1 aliphatic heterocycles. The van der Waals surface area contributed by atoms with Crippen molar-refractivity contribution in [1.29, 1.82) is 0 Å². The molecule has 1 N–H and O–H groups in total. The highest BCUT2D eigenvalue weighted by atomic mass is 19.4. The van der Waals surface area contributed by atoms with Gasteiger partial charge in [-0.1, -0.05) is 13.8 Å². The Morgan fingerprint density at radius 3 is 2.38 bits per heavy atom. The maximum atomic E-state index is 13.1. The van der Waals surface area contributed by atoms with Crippen LogP contribution >= 0.6 is 0 Å². The minimum Gasteiger partial charge on any atom is -0.497 e. The first-order valence-corrected chi connectivity index (χ1v) is 9.83. The summed E-state index contributed by atoms with van der Waals surface area (Å²) in [6.45, 7) is 4.11. The summed E-state index contributed by atoms with van der Waals surface area (Å²) in [4.78, 5) is 14.7. The van der Waals surface area contributed by atoms with Crippen molar-refractivity contribution in [2.45, 2.75) is 38.9 Å². The van der Waals surface area contributed by atoms with Gasteiger partial charge in [0.05, 0.1) is 36.9 Å². The first kappa shape index (κ1) is 21.5. The molecule has 2 heterocycles. The van der Waals surface area contributed by atoms with Gasteiger partial charge in [0.1, 0.15) is 5.75 Å². The first-order valence-electron chi connectivity index (χ1n) is 9.83. The van der Waals surface area contributed by atoms with Gasteiger partial charge in [0.2, 0.25) is 0 Å². The number of alkyl halides is 3. The normalized spacial score (nSPS) is 17.2. The summed E-state index contributed by atoms with van der Waals surface area (Å²) in [6.07, 6.45) is -4.18. The fourth-order valence-corrected chi connectivity index (χ4v) is 4.08. The highest BCUT2D eigenvalue weighted by Gasteiger charge is 2.41. The number of aliphatic hydroxyl groups is 1. The van der Waals surface area contributed by atoms with Gasteiger partial charge in [-0.15, -0.1) is 0 Å². The second kappa shape index (κ2) is 8.26. The average molecular weight is 412 g/mol. The lowest BCUT2D eigenvalue weighted by atomic mass is 9.95. The number of rotatable bonds is 5. The third-order valence-corrected chi connectivity index (χ3v) is 5.80. The quantitative estimate of drug-likeness (QED) is 0.807. The molecule has 1 atom stereocenters. The first-order chi connectivity index (χ1) is 13.7. The number of benzene rings is 1. The Hall–Kier alpha value is -2.22. The summed E-state index contributed by atoms with van der Waals surface area (Å²) in [5.74, 6) is -0.742. The molecule has 5 nitrogen and oxygen atoms in total.